The Kier molecular flexibility index (Phi) is 4.27. The van der Waals surface area contributed by atoms with Crippen LogP contribution < -0.4 is 0 Å². The smallest absolute Gasteiger partial charge is 0.340 e. The third kappa shape index (κ3) is 3.03. The molecule has 2 rings (SSSR count). The molecule has 6 atom stereocenters. The van der Waals surface area contributed by atoms with Crippen LogP contribution in [0.25, 0.3) is 0 Å². The van der Waals surface area contributed by atoms with Crippen molar-refractivity contribution in [1.82, 2.24) is 0 Å². The molecule has 2 saturated carbocycles. The minimum atomic E-state index is -4.65. The summed E-state index contributed by atoms with van der Waals surface area (Å²) in [4.78, 5) is 26.8. The molecule has 8 nitrogen and oxygen atoms in total. The van der Waals surface area contributed by atoms with Crippen LogP contribution in [0.1, 0.15) is 19.8 Å². The second-order valence-electron chi connectivity index (χ2n) is 5.77. The molecule has 0 aromatic rings. The number of hydrogen-bond acceptors (Lipinski definition) is 5. The minimum Gasteiger partial charge on any atom is -0.390 e. The topological polar surface area (TPSA) is 145 Å². The molecule has 0 aliphatic heterocycles. The lowest BCUT2D eigenvalue weighted by Gasteiger charge is -2.23. The average Bonchev–Trinajstić information content (AvgIpc) is 2.94. The average molecular weight is 330 g/mol. The highest BCUT2D eigenvalue weighted by atomic mass is 31.2. The molecule has 0 amide bonds. The van der Waals surface area contributed by atoms with Gasteiger partial charge in [0.2, 0.25) is 0 Å². The van der Waals surface area contributed by atoms with E-state index in [1.165, 1.54) is 0 Å². The van der Waals surface area contributed by atoms with Gasteiger partial charge < -0.3 is 29.4 Å². The fourth-order valence-electron chi connectivity index (χ4n) is 3.35. The highest BCUT2D eigenvalue weighted by Gasteiger charge is 2.70. The maximum atomic E-state index is 11.6. The highest BCUT2D eigenvalue weighted by molar-refractivity contribution is 7.70. The highest BCUT2D eigenvalue weighted by Crippen LogP contribution is 2.68. The van der Waals surface area contributed by atoms with Crippen LogP contribution in [0.3, 0.4) is 0 Å². The van der Waals surface area contributed by atoms with Gasteiger partial charge >= 0.3 is 15.2 Å². The predicted molar refractivity (Wildman–Crippen MR) is 69.0 cm³/mol. The minimum absolute atomic E-state index is 0.0209. The van der Waals surface area contributed by atoms with Gasteiger partial charge in [-0.3, -0.25) is 9.13 Å². The van der Waals surface area contributed by atoms with E-state index in [9.17, 15) is 24.2 Å². The van der Waals surface area contributed by atoms with Gasteiger partial charge in [0.05, 0.1) is 18.8 Å². The van der Waals surface area contributed by atoms with Crippen LogP contribution in [-0.2, 0) is 13.7 Å². The third-order valence-corrected chi connectivity index (χ3v) is 7.85. The standard InChI is InChI=1S/C10H20O8P2/c1-2-6-7-3-10(7,9(12)8(6)11)4-18-20(16,17)5-19(13,14)15/h6-9,11-12H,2-5H2,1H3,(H,16,17)(H2,13,14,15)/t6-,7-,8?,9?,10+/m1/s1. The molecule has 2 aliphatic carbocycles. The molecule has 0 aromatic carbocycles. The van der Waals surface area contributed by atoms with Crippen LogP contribution in [0.2, 0.25) is 0 Å². The van der Waals surface area contributed by atoms with E-state index in [-0.39, 0.29) is 18.4 Å². The number of aliphatic hydroxyl groups is 2. The number of hydrogen-bond donors (Lipinski definition) is 5. The van der Waals surface area contributed by atoms with Crippen LogP contribution in [0.5, 0.6) is 0 Å². The van der Waals surface area contributed by atoms with E-state index in [1.54, 1.807) is 0 Å². The second kappa shape index (κ2) is 5.14. The van der Waals surface area contributed by atoms with Crippen molar-refractivity contribution < 1.29 is 38.5 Å². The SMILES string of the molecule is CC[C@H]1C(O)C(O)[C@]2(COP(=O)(O)CP(=O)(O)O)C[C@H]12. The fraction of sp³-hybridized carbons (Fsp3) is 1.00. The molecule has 20 heavy (non-hydrogen) atoms. The van der Waals surface area contributed by atoms with E-state index in [2.05, 4.69) is 0 Å². The van der Waals surface area contributed by atoms with E-state index in [1.807, 2.05) is 6.92 Å². The lowest BCUT2D eigenvalue weighted by molar-refractivity contribution is -0.0311. The maximum absolute atomic E-state index is 11.6. The van der Waals surface area contributed by atoms with Gasteiger partial charge in [-0.25, -0.2) is 0 Å². The molecular weight excluding hydrogens is 310 g/mol. The maximum Gasteiger partial charge on any atom is 0.340 e. The molecule has 0 aromatic heterocycles. The summed E-state index contributed by atoms with van der Waals surface area (Å²) in [6, 6.07) is 0. The van der Waals surface area contributed by atoms with E-state index in [0.717, 1.165) is 0 Å². The van der Waals surface area contributed by atoms with Crippen LogP contribution in [0, 0.1) is 17.3 Å². The monoisotopic (exact) mass is 330 g/mol. The van der Waals surface area contributed by atoms with Crippen molar-refractivity contribution in [3.63, 3.8) is 0 Å². The Bertz CT molecular complexity index is 476. The third-order valence-electron chi connectivity index (χ3n) is 4.42. The molecule has 118 valence electrons. The van der Waals surface area contributed by atoms with Gasteiger partial charge in [0.1, 0.15) is 0 Å². The van der Waals surface area contributed by atoms with Crippen LogP contribution >= 0.6 is 15.2 Å². The van der Waals surface area contributed by atoms with Crippen molar-refractivity contribution in [2.75, 3.05) is 12.5 Å². The molecule has 0 radical (unpaired) electrons. The van der Waals surface area contributed by atoms with Crippen LogP contribution in [0.15, 0.2) is 0 Å². The molecule has 0 spiro atoms. The summed E-state index contributed by atoms with van der Waals surface area (Å²) in [6.07, 6.45) is -0.654. The lowest BCUT2D eigenvalue weighted by atomic mass is 9.96. The molecule has 0 heterocycles. The van der Waals surface area contributed by atoms with Gasteiger partial charge in [-0.2, -0.15) is 0 Å². The van der Waals surface area contributed by atoms with E-state index < -0.39 is 38.7 Å². The molecular formula is C10H20O8P2. The number of rotatable bonds is 6. The first kappa shape index (κ1) is 16.6. The summed E-state index contributed by atoms with van der Waals surface area (Å²) in [6.45, 7) is 1.61. The molecule has 5 N–H and O–H groups in total. The van der Waals surface area contributed by atoms with Gasteiger partial charge in [0.15, 0.2) is 5.90 Å². The summed E-state index contributed by atoms with van der Waals surface area (Å²) >= 11 is 0. The van der Waals surface area contributed by atoms with Crippen molar-refractivity contribution in [3.8, 4) is 0 Å². The van der Waals surface area contributed by atoms with Gasteiger partial charge in [-0.15, -0.1) is 0 Å². The molecule has 0 bridgehead atoms. The van der Waals surface area contributed by atoms with Gasteiger partial charge in [0.25, 0.3) is 0 Å². The zero-order valence-corrected chi connectivity index (χ0v) is 12.8. The van der Waals surface area contributed by atoms with E-state index in [0.29, 0.717) is 12.8 Å². The normalized spacial score (nSPS) is 43.1. The summed E-state index contributed by atoms with van der Waals surface area (Å²) < 4.78 is 27.1. The van der Waals surface area contributed by atoms with Gasteiger partial charge in [0, 0.05) is 5.41 Å². The number of fused-ring (bicyclic) bond motifs is 1. The Labute approximate surface area is 116 Å². The molecule has 0 saturated heterocycles. The van der Waals surface area contributed by atoms with Crippen molar-refractivity contribution in [2.24, 2.45) is 17.3 Å². The first-order valence-corrected chi connectivity index (χ1v) is 9.95. The first-order valence-electron chi connectivity index (χ1n) is 6.39. The Hall–Kier alpha value is 0.220. The molecule has 3 unspecified atom stereocenters. The van der Waals surface area contributed by atoms with Crippen molar-refractivity contribution in [2.45, 2.75) is 32.0 Å². The molecule has 2 fully saturated rings. The van der Waals surface area contributed by atoms with Crippen LogP contribution in [0.4, 0.5) is 0 Å². The summed E-state index contributed by atoms with van der Waals surface area (Å²) in [5, 5.41) is 19.9. The second-order valence-corrected chi connectivity index (χ2v) is 9.76. The summed E-state index contributed by atoms with van der Waals surface area (Å²) in [5.41, 5.74) is -0.757. The van der Waals surface area contributed by atoms with E-state index in [4.69, 9.17) is 14.3 Å². The van der Waals surface area contributed by atoms with E-state index >= 15 is 0 Å². The van der Waals surface area contributed by atoms with Crippen molar-refractivity contribution >= 4 is 15.2 Å². The van der Waals surface area contributed by atoms with Crippen LogP contribution in [-0.4, -0.2) is 49.6 Å². The zero-order valence-electron chi connectivity index (χ0n) is 11.0. The Balaban J connectivity index is 1.99. The Morgan fingerprint density at radius 3 is 2.30 bits per heavy atom. The Morgan fingerprint density at radius 1 is 1.25 bits per heavy atom. The largest absolute Gasteiger partial charge is 0.390 e. The first-order chi connectivity index (χ1) is 9.02. The Morgan fingerprint density at radius 2 is 1.85 bits per heavy atom. The summed E-state index contributed by atoms with van der Waals surface area (Å²) in [7, 11) is -9.06. The fourth-order valence-corrected chi connectivity index (χ4v) is 5.98. The molecule has 10 heteroatoms. The summed E-state index contributed by atoms with van der Waals surface area (Å²) in [5.74, 6) is -1.29. The van der Waals surface area contributed by atoms with Crippen molar-refractivity contribution in [3.05, 3.63) is 0 Å². The lowest BCUT2D eigenvalue weighted by Crippen LogP contribution is -2.35. The van der Waals surface area contributed by atoms with Gasteiger partial charge in [-0.05, 0) is 18.3 Å². The number of aliphatic hydroxyl groups excluding tert-OH is 2. The molecule has 2 aliphatic rings. The zero-order chi connectivity index (χ0) is 15.3. The van der Waals surface area contributed by atoms with Gasteiger partial charge in [-0.1, -0.05) is 13.3 Å². The quantitative estimate of drug-likeness (QED) is 0.431. The predicted octanol–water partition coefficient (Wildman–Crippen LogP) is 0.0915. The van der Waals surface area contributed by atoms with Crippen molar-refractivity contribution in [1.29, 1.82) is 0 Å².